The highest BCUT2D eigenvalue weighted by molar-refractivity contribution is 7.86. The normalized spacial score (nSPS) is 11.6. The first kappa shape index (κ1) is 20.3. The van der Waals surface area contributed by atoms with E-state index < -0.39 is 20.2 Å². The standard InChI is InChI=1S/2C8H10O3S/c2*1-6-4-3-5-8(7(6)2)12(9,10)11/h2*3-5H,1-2H3,(H,9,10,11). The zero-order valence-corrected chi connectivity index (χ0v) is 15.4. The summed E-state index contributed by atoms with van der Waals surface area (Å²) < 4.78 is 60.6. The Hall–Kier alpha value is -1.74. The van der Waals surface area contributed by atoms with E-state index in [0.717, 1.165) is 11.1 Å². The minimum absolute atomic E-state index is 0.0116. The zero-order chi connectivity index (χ0) is 18.7. The van der Waals surface area contributed by atoms with Crippen molar-refractivity contribution in [3.05, 3.63) is 58.7 Å². The van der Waals surface area contributed by atoms with Gasteiger partial charge < -0.3 is 0 Å². The molecule has 2 aromatic rings. The molecule has 2 rings (SSSR count). The molecule has 132 valence electrons. The van der Waals surface area contributed by atoms with E-state index in [1.807, 2.05) is 0 Å². The lowest BCUT2D eigenvalue weighted by molar-refractivity contribution is 0.480. The second kappa shape index (κ2) is 7.43. The summed E-state index contributed by atoms with van der Waals surface area (Å²) >= 11 is 0. The summed E-state index contributed by atoms with van der Waals surface area (Å²) in [5, 5.41) is 0. The van der Waals surface area contributed by atoms with Crippen LogP contribution in [0.2, 0.25) is 0 Å². The van der Waals surface area contributed by atoms with Crippen molar-refractivity contribution in [1.82, 2.24) is 0 Å². The summed E-state index contributed by atoms with van der Waals surface area (Å²) in [5.74, 6) is 0. The quantitative estimate of drug-likeness (QED) is 0.784. The van der Waals surface area contributed by atoms with E-state index >= 15 is 0 Å². The topological polar surface area (TPSA) is 109 Å². The van der Waals surface area contributed by atoms with Crippen molar-refractivity contribution in [3.63, 3.8) is 0 Å². The van der Waals surface area contributed by atoms with Crippen LogP contribution in [-0.2, 0) is 20.2 Å². The van der Waals surface area contributed by atoms with Crippen molar-refractivity contribution in [3.8, 4) is 0 Å². The number of rotatable bonds is 2. The third-order valence-electron chi connectivity index (χ3n) is 3.67. The number of aryl methyl sites for hydroxylation is 2. The summed E-state index contributed by atoms with van der Waals surface area (Å²) in [7, 11) is -8.11. The third-order valence-corrected chi connectivity index (χ3v) is 5.66. The van der Waals surface area contributed by atoms with Gasteiger partial charge in [0.05, 0.1) is 9.79 Å². The molecule has 0 atom stereocenters. The van der Waals surface area contributed by atoms with Gasteiger partial charge >= 0.3 is 0 Å². The molecular formula is C16H20O6S2. The molecule has 2 aromatic carbocycles. The highest BCUT2D eigenvalue weighted by Gasteiger charge is 2.13. The number of hydrogen-bond donors (Lipinski definition) is 2. The van der Waals surface area contributed by atoms with E-state index in [4.69, 9.17) is 9.11 Å². The van der Waals surface area contributed by atoms with Crippen LogP contribution in [0.1, 0.15) is 22.3 Å². The van der Waals surface area contributed by atoms with Crippen LogP contribution in [0.25, 0.3) is 0 Å². The minimum atomic E-state index is -4.06. The van der Waals surface area contributed by atoms with Gasteiger partial charge in [0.2, 0.25) is 0 Å². The molecule has 0 aliphatic heterocycles. The Morgan fingerprint density at radius 1 is 0.625 bits per heavy atom. The van der Waals surface area contributed by atoms with Crippen LogP contribution < -0.4 is 0 Å². The summed E-state index contributed by atoms with van der Waals surface area (Å²) in [4.78, 5) is -0.0231. The van der Waals surface area contributed by atoms with E-state index in [1.165, 1.54) is 12.1 Å². The van der Waals surface area contributed by atoms with Gasteiger partial charge in [0.25, 0.3) is 20.2 Å². The van der Waals surface area contributed by atoms with Crippen molar-refractivity contribution in [2.45, 2.75) is 37.5 Å². The Labute approximate surface area is 142 Å². The predicted molar refractivity (Wildman–Crippen MR) is 91.5 cm³/mol. The molecule has 0 saturated heterocycles. The Morgan fingerprint density at radius 2 is 0.917 bits per heavy atom. The van der Waals surface area contributed by atoms with E-state index in [0.29, 0.717) is 11.1 Å². The molecule has 2 N–H and O–H groups in total. The lowest BCUT2D eigenvalue weighted by Crippen LogP contribution is -2.01. The van der Waals surface area contributed by atoms with Crippen LogP contribution in [0.3, 0.4) is 0 Å². The number of benzene rings is 2. The van der Waals surface area contributed by atoms with E-state index in [9.17, 15) is 16.8 Å². The van der Waals surface area contributed by atoms with Crippen molar-refractivity contribution in [1.29, 1.82) is 0 Å². The predicted octanol–water partition coefficient (Wildman–Crippen LogP) is 3.10. The molecule has 0 heterocycles. The van der Waals surface area contributed by atoms with Gasteiger partial charge in [-0.15, -0.1) is 0 Å². The molecule has 0 spiro atoms. The first-order valence-electron chi connectivity index (χ1n) is 6.93. The van der Waals surface area contributed by atoms with Gasteiger partial charge in [0.15, 0.2) is 0 Å². The van der Waals surface area contributed by atoms with E-state index in [2.05, 4.69) is 0 Å². The van der Waals surface area contributed by atoms with Crippen LogP contribution in [0.15, 0.2) is 46.2 Å². The maximum Gasteiger partial charge on any atom is 0.294 e. The van der Waals surface area contributed by atoms with Gasteiger partial charge in [-0.2, -0.15) is 16.8 Å². The van der Waals surface area contributed by atoms with Gasteiger partial charge in [-0.3, -0.25) is 9.11 Å². The largest absolute Gasteiger partial charge is 0.294 e. The Kier molecular flexibility index (Phi) is 6.29. The van der Waals surface area contributed by atoms with Crippen molar-refractivity contribution >= 4 is 20.2 Å². The molecule has 24 heavy (non-hydrogen) atoms. The Balaban J connectivity index is 0.000000240. The maximum atomic E-state index is 10.8. The first-order chi connectivity index (χ1) is 10.9. The molecule has 0 saturated carbocycles. The average molecular weight is 372 g/mol. The molecule has 0 fully saturated rings. The SMILES string of the molecule is Cc1cccc(S(=O)(=O)O)c1C.Cc1cccc(S(=O)(=O)O)c1C. The monoisotopic (exact) mass is 372 g/mol. The van der Waals surface area contributed by atoms with Crippen LogP contribution in [0.4, 0.5) is 0 Å². The Morgan fingerprint density at radius 3 is 1.12 bits per heavy atom. The van der Waals surface area contributed by atoms with Crippen molar-refractivity contribution in [2.75, 3.05) is 0 Å². The highest BCUT2D eigenvalue weighted by atomic mass is 32.2. The molecule has 0 radical (unpaired) electrons. The van der Waals surface area contributed by atoms with Crippen molar-refractivity contribution < 1.29 is 25.9 Å². The first-order valence-corrected chi connectivity index (χ1v) is 9.81. The molecule has 0 unspecified atom stereocenters. The second-order valence-electron chi connectivity index (χ2n) is 5.35. The van der Waals surface area contributed by atoms with Crippen LogP contribution in [-0.4, -0.2) is 25.9 Å². The molecule has 6 nitrogen and oxygen atoms in total. The third kappa shape index (κ3) is 5.13. The lowest BCUT2D eigenvalue weighted by Gasteiger charge is -2.03. The molecule has 0 aromatic heterocycles. The lowest BCUT2D eigenvalue weighted by atomic mass is 10.1. The maximum absolute atomic E-state index is 10.8. The van der Waals surface area contributed by atoms with E-state index in [1.54, 1.807) is 52.0 Å². The highest BCUT2D eigenvalue weighted by Crippen LogP contribution is 2.18. The fourth-order valence-corrected chi connectivity index (χ4v) is 3.60. The molecule has 0 aliphatic rings. The van der Waals surface area contributed by atoms with Crippen LogP contribution in [0.5, 0.6) is 0 Å². The van der Waals surface area contributed by atoms with Crippen molar-refractivity contribution in [2.24, 2.45) is 0 Å². The van der Waals surface area contributed by atoms with Crippen LogP contribution >= 0.6 is 0 Å². The Bertz CT molecular complexity index is 865. The molecule has 0 amide bonds. The van der Waals surface area contributed by atoms with Gasteiger partial charge in [0.1, 0.15) is 0 Å². The summed E-state index contributed by atoms with van der Waals surface area (Å²) in [6.45, 7) is 6.92. The fraction of sp³-hybridized carbons (Fsp3) is 0.250. The molecular weight excluding hydrogens is 352 g/mol. The molecule has 0 aliphatic carbocycles. The zero-order valence-electron chi connectivity index (χ0n) is 13.8. The molecule has 8 heteroatoms. The average Bonchev–Trinajstić information content (AvgIpc) is 2.43. The second-order valence-corrected chi connectivity index (χ2v) is 8.13. The van der Waals surface area contributed by atoms with E-state index in [-0.39, 0.29) is 9.79 Å². The summed E-state index contributed by atoms with van der Waals surface area (Å²) in [6, 6.07) is 9.57. The minimum Gasteiger partial charge on any atom is -0.282 e. The smallest absolute Gasteiger partial charge is 0.282 e. The van der Waals surface area contributed by atoms with Gasteiger partial charge in [-0.1, -0.05) is 24.3 Å². The summed E-state index contributed by atoms with van der Waals surface area (Å²) in [5.41, 5.74) is 2.90. The fourth-order valence-electron chi connectivity index (χ4n) is 2.01. The molecule has 0 bridgehead atoms. The van der Waals surface area contributed by atoms with Gasteiger partial charge in [-0.25, -0.2) is 0 Å². The summed E-state index contributed by atoms with van der Waals surface area (Å²) in [6.07, 6.45) is 0. The van der Waals surface area contributed by atoms with Gasteiger partial charge in [-0.05, 0) is 62.1 Å². The number of hydrogen-bond acceptors (Lipinski definition) is 4. The van der Waals surface area contributed by atoms with Crippen LogP contribution in [0, 0.1) is 27.7 Å². The van der Waals surface area contributed by atoms with Gasteiger partial charge in [0, 0.05) is 0 Å².